The van der Waals surface area contributed by atoms with E-state index >= 15 is 0 Å². The highest BCUT2D eigenvalue weighted by molar-refractivity contribution is 4.83. The molecule has 0 spiro atoms. The second-order valence-electron chi connectivity index (χ2n) is 5.76. The summed E-state index contributed by atoms with van der Waals surface area (Å²) >= 11 is 0. The van der Waals surface area contributed by atoms with E-state index < -0.39 is 0 Å². The molecule has 1 rings (SSSR count). The molecule has 1 aliphatic rings. The van der Waals surface area contributed by atoms with E-state index in [1.165, 1.54) is 51.5 Å². The molecule has 0 saturated heterocycles. The van der Waals surface area contributed by atoms with Gasteiger partial charge in [0.1, 0.15) is 0 Å². The third-order valence-corrected chi connectivity index (χ3v) is 4.36. The van der Waals surface area contributed by atoms with E-state index in [1.54, 1.807) is 0 Å². The van der Waals surface area contributed by atoms with Gasteiger partial charge in [-0.25, -0.2) is 0 Å². The Balaban J connectivity index is 2.25. The van der Waals surface area contributed by atoms with E-state index in [0.717, 1.165) is 18.1 Å². The van der Waals surface area contributed by atoms with Gasteiger partial charge < -0.3 is 10.2 Å². The van der Waals surface area contributed by atoms with E-state index in [-0.39, 0.29) is 0 Å². The Bertz CT molecular complexity index is 185. The van der Waals surface area contributed by atoms with Gasteiger partial charge in [0.05, 0.1) is 0 Å². The topological polar surface area (TPSA) is 15.3 Å². The molecule has 0 amide bonds. The van der Waals surface area contributed by atoms with Crippen molar-refractivity contribution in [1.82, 2.24) is 10.2 Å². The van der Waals surface area contributed by atoms with Crippen molar-refractivity contribution in [3.8, 4) is 0 Å². The minimum Gasteiger partial charge on any atom is -0.314 e. The van der Waals surface area contributed by atoms with Gasteiger partial charge in [-0.2, -0.15) is 0 Å². The maximum atomic E-state index is 3.67. The fourth-order valence-electron chi connectivity index (χ4n) is 3.02. The first kappa shape index (κ1) is 15.0. The van der Waals surface area contributed by atoms with Crippen molar-refractivity contribution in [2.45, 2.75) is 83.8 Å². The van der Waals surface area contributed by atoms with E-state index in [2.05, 4.69) is 38.0 Å². The first-order valence-corrected chi connectivity index (χ1v) is 7.64. The van der Waals surface area contributed by atoms with Crippen LogP contribution >= 0.6 is 0 Å². The fraction of sp³-hybridized carbons (Fsp3) is 1.00. The van der Waals surface area contributed by atoms with Gasteiger partial charge in [0.2, 0.25) is 0 Å². The molecule has 1 atom stereocenters. The van der Waals surface area contributed by atoms with Crippen LogP contribution < -0.4 is 5.32 Å². The van der Waals surface area contributed by atoms with Crippen LogP contribution in [0.15, 0.2) is 0 Å². The molecule has 1 saturated carbocycles. The smallest absolute Gasteiger partial charge is 0.00961 e. The highest BCUT2D eigenvalue weighted by Crippen LogP contribution is 2.24. The molecule has 1 N–H and O–H groups in total. The zero-order valence-electron chi connectivity index (χ0n) is 12.3. The lowest BCUT2D eigenvalue weighted by molar-refractivity contribution is 0.129. The summed E-state index contributed by atoms with van der Waals surface area (Å²) in [6.07, 6.45) is 9.40. The number of nitrogens with zero attached hydrogens (tertiary/aromatic N) is 1. The molecule has 0 radical (unpaired) electrons. The molecule has 2 heteroatoms. The second kappa shape index (κ2) is 8.10. The molecule has 17 heavy (non-hydrogen) atoms. The minimum atomic E-state index is 0.755. The molecule has 0 aromatic rings. The maximum absolute atomic E-state index is 3.67. The molecular formula is C15H32N2. The number of nitrogens with one attached hydrogen (secondary N) is 1. The molecule has 0 aliphatic heterocycles. The Morgan fingerprint density at radius 1 is 1.12 bits per heavy atom. The van der Waals surface area contributed by atoms with Crippen molar-refractivity contribution in [2.24, 2.45) is 0 Å². The van der Waals surface area contributed by atoms with Crippen LogP contribution in [0, 0.1) is 0 Å². The van der Waals surface area contributed by atoms with Gasteiger partial charge in [0.15, 0.2) is 0 Å². The van der Waals surface area contributed by atoms with Gasteiger partial charge in [-0.05, 0) is 59.0 Å². The predicted molar refractivity (Wildman–Crippen MR) is 76.5 cm³/mol. The lowest BCUT2D eigenvalue weighted by atomic mass is 9.89. The van der Waals surface area contributed by atoms with Gasteiger partial charge in [-0.3, -0.25) is 0 Å². The zero-order valence-corrected chi connectivity index (χ0v) is 12.3. The number of hydrogen-bond donors (Lipinski definition) is 1. The quantitative estimate of drug-likeness (QED) is 0.733. The minimum absolute atomic E-state index is 0.755. The Hall–Kier alpha value is -0.0800. The summed E-state index contributed by atoms with van der Waals surface area (Å²) in [6.45, 7) is 8.11. The Morgan fingerprint density at radius 3 is 2.29 bits per heavy atom. The van der Waals surface area contributed by atoms with E-state index in [9.17, 15) is 0 Å². The summed E-state index contributed by atoms with van der Waals surface area (Å²) in [4.78, 5) is 2.62. The lowest BCUT2D eigenvalue weighted by Crippen LogP contribution is -2.44. The highest BCUT2D eigenvalue weighted by Gasteiger charge is 2.25. The molecule has 0 bridgehead atoms. The average Bonchev–Trinajstić information content (AvgIpc) is 2.36. The Morgan fingerprint density at radius 2 is 1.76 bits per heavy atom. The monoisotopic (exact) mass is 240 g/mol. The predicted octanol–water partition coefficient (Wildman–Crippen LogP) is 3.42. The van der Waals surface area contributed by atoms with E-state index in [4.69, 9.17) is 0 Å². The molecule has 0 aromatic heterocycles. The maximum Gasteiger partial charge on any atom is 0.00961 e. The summed E-state index contributed by atoms with van der Waals surface area (Å²) in [5.74, 6) is 0. The number of rotatable bonds is 7. The van der Waals surface area contributed by atoms with Crippen molar-refractivity contribution in [3.05, 3.63) is 0 Å². The van der Waals surface area contributed by atoms with Crippen LogP contribution in [0.2, 0.25) is 0 Å². The zero-order chi connectivity index (χ0) is 12.7. The third kappa shape index (κ3) is 4.97. The van der Waals surface area contributed by atoms with Crippen LogP contribution in [0.5, 0.6) is 0 Å². The molecule has 1 fully saturated rings. The van der Waals surface area contributed by atoms with Crippen molar-refractivity contribution in [2.75, 3.05) is 13.6 Å². The Labute approximate surface area is 108 Å². The average molecular weight is 240 g/mol. The first-order chi connectivity index (χ1) is 8.19. The van der Waals surface area contributed by atoms with E-state index in [1.807, 2.05) is 0 Å². The Kier molecular flexibility index (Phi) is 7.14. The summed E-state index contributed by atoms with van der Waals surface area (Å²) in [5.41, 5.74) is 0. The van der Waals surface area contributed by atoms with Crippen LogP contribution in [0.25, 0.3) is 0 Å². The summed E-state index contributed by atoms with van der Waals surface area (Å²) < 4.78 is 0. The van der Waals surface area contributed by atoms with Crippen molar-refractivity contribution in [1.29, 1.82) is 0 Å². The van der Waals surface area contributed by atoms with Gasteiger partial charge in [0.25, 0.3) is 0 Å². The van der Waals surface area contributed by atoms with Crippen molar-refractivity contribution >= 4 is 0 Å². The number of hydrogen-bond acceptors (Lipinski definition) is 2. The second-order valence-corrected chi connectivity index (χ2v) is 5.76. The summed E-state index contributed by atoms with van der Waals surface area (Å²) in [6, 6.07) is 2.38. The highest BCUT2D eigenvalue weighted by atomic mass is 15.2. The summed E-state index contributed by atoms with van der Waals surface area (Å²) in [5, 5.41) is 3.67. The summed E-state index contributed by atoms with van der Waals surface area (Å²) in [7, 11) is 2.32. The van der Waals surface area contributed by atoms with Gasteiger partial charge in [-0.1, -0.05) is 20.3 Å². The first-order valence-electron chi connectivity index (χ1n) is 7.64. The van der Waals surface area contributed by atoms with Gasteiger partial charge in [0, 0.05) is 18.1 Å². The van der Waals surface area contributed by atoms with E-state index in [0.29, 0.717) is 0 Å². The largest absolute Gasteiger partial charge is 0.314 e. The standard InChI is InChI=1S/C15H32N2/c1-5-7-13(3)17(4)15-10-8-14(9-11-15)16-12-6-2/h13-16H,5-12H2,1-4H3. The lowest BCUT2D eigenvalue weighted by Gasteiger charge is -2.38. The van der Waals surface area contributed by atoms with Gasteiger partial charge in [-0.15, -0.1) is 0 Å². The molecule has 1 aliphatic carbocycles. The van der Waals surface area contributed by atoms with Crippen LogP contribution in [-0.2, 0) is 0 Å². The molecular weight excluding hydrogens is 208 g/mol. The molecule has 0 aromatic carbocycles. The van der Waals surface area contributed by atoms with Gasteiger partial charge >= 0.3 is 0 Å². The molecule has 2 nitrogen and oxygen atoms in total. The third-order valence-electron chi connectivity index (χ3n) is 4.36. The molecule has 102 valence electrons. The molecule has 0 heterocycles. The van der Waals surface area contributed by atoms with Crippen molar-refractivity contribution < 1.29 is 0 Å². The normalized spacial score (nSPS) is 27.4. The van der Waals surface area contributed by atoms with Crippen LogP contribution in [0.3, 0.4) is 0 Å². The fourth-order valence-corrected chi connectivity index (χ4v) is 3.02. The van der Waals surface area contributed by atoms with Crippen LogP contribution in [0.4, 0.5) is 0 Å². The van der Waals surface area contributed by atoms with Crippen LogP contribution in [-0.4, -0.2) is 36.6 Å². The van der Waals surface area contributed by atoms with Crippen LogP contribution in [0.1, 0.15) is 65.7 Å². The molecule has 1 unspecified atom stereocenters. The van der Waals surface area contributed by atoms with Crippen molar-refractivity contribution in [3.63, 3.8) is 0 Å². The SMILES string of the molecule is CCCNC1CCC(N(C)C(C)CCC)CC1.